The molecule has 1 aromatic carbocycles. The zero-order chi connectivity index (χ0) is 12.5. The molecule has 0 bridgehead atoms. The summed E-state index contributed by atoms with van der Waals surface area (Å²) in [5.74, 6) is 0.265. The Bertz CT molecular complexity index is 695. The van der Waals surface area contributed by atoms with Gasteiger partial charge in [0.25, 0.3) is 0 Å². The van der Waals surface area contributed by atoms with Gasteiger partial charge in [-0.1, -0.05) is 24.6 Å². The minimum atomic E-state index is 0.265. The molecule has 5 heteroatoms. The fraction of sp³-hybridized carbons (Fsp3) is 0.154. The molecular formula is C13H10ClN3S. The van der Waals surface area contributed by atoms with E-state index in [1.165, 1.54) is 16.9 Å². The van der Waals surface area contributed by atoms with Crippen LogP contribution in [0.25, 0.3) is 11.0 Å². The summed E-state index contributed by atoms with van der Waals surface area (Å²) in [5.41, 5.74) is 3.02. The number of aromatic nitrogens is 3. The Balaban J connectivity index is 2.03. The fourth-order valence-corrected chi connectivity index (χ4v) is 2.91. The molecule has 0 aliphatic rings. The summed E-state index contributed by atoms with van der Waals surface area (Å²) in [6.07, 6.45) is 5.24. The molecule has 0 N–H and O–H groups in total. The highest BCUT2D eigenvalue weighted by atomic mass is 35.5. The smallest absolute Gasteiger partial charge is 0.183 e. The lowest BCUT2D eigenvalue weighted by Crippen LogP contribution is -1.94. The summed E-state index contributed by atoms with van der Waals surface area (Å²) in [5, 5.41) is 0. The summed E-state index contributed by atoms with van der Waals surface area (Å²) in [7, 11) is 0. The molecule has 1 unspecified atom stereocenters. The standard InChI is InChI=1S/C13H10ClN3S/c1-8(12-7-17-13(14)18-12)9-2-3-10-11(6-9)16-5-4-15-10/h2-8H,1H3. The molecule has 0 saturated carbocycles. The van der Waals surface area contributed by atoms with Crippen LogP contribution >= 0.6 is 22.9 Å². The zero-order valence-corrected chi connectivity index (χ0v) is 11.2. The molecule has 2 heterocycles. The Hall–Kier alpha value is -1.52. The van der Waals surface area contributed by atoms with E-state index >= 15 is 0 Å². The monoisotopic (exact) mass is 275 g/mol. The maximum atomic E-state index is 5.87. The fourth-order valence-electron chi connectivity index (χ4n) is 1.88. The molecule has 0 aliphatic heterocycles. The van der Waals surface area contributed by atoms with Crippen molar-refractivity contribution in [1.82, 2.24) is 15.0 Å². The number of halogens is 1. The third-order valence-corrected chi connectivity index (χ3v) is 4.21. The maximum Gasteiger partial charge on any atom is 0.183 e. The third-order valence-electron chi connectivity index (χ3n) is 2.92. The van der Waals surface area contributed by atoms with Crippen molar-refractivity contribution in [2.45, 2.75) is 12.8 Å². The highest BCUT2D eigenvalue weighted by molar-refractivity contribution is 7.15. The molecule has 2 aromatic heterocycles. The number of thiazole rings is 1. The van der Waals surface area contributed by atoms with Gasteiger partial charge in [0.05, 0.1) is 11.0 Å². The van der Waals surface area contributed by atoms with Gasteiger partial charge in [-0.25, -0.2) is 4.98 Å². The minimum absolute atomic E-state index is 0.265. The lowest BCUT2D eigenvalue weighted by Gasteiger charge is -2.09. The van der Waals surface area contributed by atoms with E-state index in [-0.39, 0.29) is 5.92 Å². The van der Waals surface area contributed by atoms with Gasteiger partial charge < -0.3 is 0 Å². The Morgan fingerprint density at radius 1 is 1.11 bits per heavy atom. The largest absolute Gasteiger partial charge is 0.253 e. The van der Waals surface area contributed by atoms with Gasteiger partial charge >= 0.3 is 0 Å². The van der Waals surface area contributed by atoms with Crippen LogP contribution in [0.5, 0.6) is 0 Å². The number of rotatable bonds is 2. The molecule has 0 fully saturated rings. The van der Waals surface area contributed by atoms with Gasteiger partial charge in [-0.3, -0.25) is 9.97 Å². The lowest BCUT2D eigenvalue weighted by atomic mass is 9.99. The van der Waals surface area contributed by atoms with Crippen LogP contribution in [0.1, 0.15) is 23.3 Å². The number of hydrogen-bond donors (Lipinski definition) is 0. The first-order chi connectivity index (χ1) is 8.74. The molecule has 3 rings (SSSR count). The molecule has 0 amide bonds. The van der Waals surface area contributed by atoms with Crippen molar-refractivity contribution in [3.05, 3.63) is 51.7 Å². The molecule has 0 aliphatic carbocycles. The van der Waals surface area contributed by atoms with Gasteiger partial charge in [0, 0.05) is 29.4 Å². The quantitative estimate of drug-likeness (QED) is 0.712. The van der Waals surface area contributed by atoms with Crippen molar-refractivity contribution in [3.8, 4) is 0 Å². The van der Waals surface area contributed by atoms with Crippen molar-refractivity contribution in [2.75, 3.05) is 0 Å². The number of benzene rings is 1. The third kappa shape index (κ3) is 2.09. The summed E-state index contributed by atoms with van der Waals surface area (Å²) >= 11 is 7.39. The Morgan fingerprint density at radius 2 is 1.89 bits per heavy atom. The van der Waals surface area contributed by atoms with Gasteiger partial charge in [-0.15, -0.1) is 11.3 Å². The molecule has 90 valence electrons. The van der Waals surface area contributed by atoms with Gasteiger partial charge in [0.15, 0.2) is 4.47 Å². The Labute approximate surface area is 114 Å². The Morgan fingerprint density at radius 3 is 2.61 bits per heavy atom. The molecule has 3 nitrogen and oxygen atoms in total. The van der Waals surface area contributed by atoms with Crippen LogP contribution < -0.4 is 0 Å². The molecule has 3 aromatic rings. The van der Waals surface area contributed by atoms with E-state index in [4.69, 9.17) is 11.6 Å². The van der Waals surface area contributed by atoms with Crippen molar-refractivity contribution in [2.24, 2.45) is 0 Å². The van der Waals surface area contributed by atoms with Crippen molar-refractivity contribution in [1.29, 1.82) is 0 Å². The lowest BCUT2D eigenvalue weighted by molar-refractivity contribution is 0.943. The van der Waals surface area contributed by atoms with E-state index < -0.39 is 0 Å². The second-order valence-corrected chi connectivity index (χ2v) is 5.69. The van der Waals surface area contributed by atoms with E-state index in [2.05, 4.69) is 34.0 Å². The van der Waals surface area contributed by atoms with Crippen molar-refractivity contribution >= 4 is 34.0 Å². The van der Waals surface area contributed by atoms with Crippen LogP contribution in [-0.4, -0.2) is 15.0 Å². The summed E-state index contributed by atoms with van der Waals surface area (Å²) in [6, 6.07) is 6.15. The van der Waals surface area contributed by atoms with E-state index in [0.29, 0.717) is 4.47 Å². The van der Waals surface area contributed by atoms with Gasteiger partial charge in [-0.05, 0) is 17.7 Å². The SMILES string of the molecule is CC(c1ccc2nccnc2c1)c1cnc(Cl)s1. The molecule has 18 heavy (non-hydrogen) atoms. The van der Waals surface area contributed by atoms with Gasteiger partial charge in [0.1, 0.15) is 0 Å². The highest BCUT2D eigenvalue weighted by Crippen LogP contribution is 2.31. The second-order valence-electron chi connectivity index (χ2n) is 4.04. The first-order valence-corrected chi connectivity index (χ1v) is 6.75. The van der Waals surface area contributed by atoms with Gasteiger partial charge in [0.2, 0.25) is 0 Å². The van der Waals surface area contributed by atoms with E-state index in [0.717, 1.165) is 15.9 Å². The molecule has 0 saturated heterocycles. The zero-order valence-electron chi connectivity index (χ0n) is 9.67. The van der Waals surface area contributed by atoms with E-state index in [1.807, 2.05) is 12.3 Å². The molecular weight excluding hydrogens is 266 g/mol. The Kier molecular flexibility index (Phi) is 2.97. The minimum Gasteiger partial charge on any atom is -0.253 e. The summed E-state index contributed by atoms with van der Waals surface area (Å²) in [6.45, 7) is 2.14. The number of fused-ring (bicyclic) bond motifs is 1. The van der Waals surface area contributed by atoms with Crippen LogP contribution in [0.2, 0.25) is 4.47 Å². The summed E-state index contributed by atoms with van der Waals surface area (Å²) < 4.78 is 0.581. The first-order valence-electron chi connectivity index (χ1n) is 5.56. The van der Waals surface area contributed by atoms with Crippen LogP contribution in [0.15, 0.2) is 36.8 Å². The van der Waals surface area contributed by atoms with Gasteiger partial charge in [-0.2, -0.15) is 0 Å². The first kappa shape index (κ1) is 11.6. The predicted molar refractivity (Wildman–Crippen MR) is 74.2 cm³/mol. The van der Waals surface area contributed by atoms with E-state index in [1.54, 1.807) is 12.4 Å². The van der Waals surface area contributed by atoms with Crippen LogP contribution in [0.3, 0.4) is 0 Å². The average Bonchev–Trinajstić information content (AvgIpc) is 2.84. The van der Waals surface area contributed by atoms with Crippen LogP contribution in [0.4, 0.5) is 0 Å². The van der Waals surface area contributed by atoms with Crippen LogP contribution in [-0.2, 0) is 0 Å². The van der Waals surface area contributed by atoms with Crippen LogP contribution in [0, 0.1) is 0 Å². The predicted octanol–water partition coefficient (Wildman–Crippen LogP) is 3.89. The van der Waals surface area contributed by atoms with Crippen molar-refractivity contribution < 1.29 is 0 Å². The normalized spacial score (nSPS) is 12.8. The molecule has 0 radical (unpaired) electrons. The van der Waals surface area contributed by atoms with E-state index in [9.17, 15) is 0 Å². The molecule has 1 atom stereocenters. The second kappa shape index (κ2) is 4.63. The van der Waals surface area contributed by atoms with Crippen molar-refractivity contribution in [3.63, 3.8) is 0 Å². The molecule has 0 spiro atoms. The maximum absolute atomic E-state index is 5.87. The highest BCUT2D eigenvalue weighted by Gasteiger charge is 2.12. The number of nitrogens with zero attached hydrogens (tertiary/aromatic N) is 3. The average molecular weight is 276 g/mol. The number of hydrogen-bond acceptors (Lipinski definition) is 4. The summed E-state index contributed by atoms with van der Waals surface area (Å²) in [4.78, 5) is 13.8. The topological polar surface area (TPSA) is 38.7 Å².